The monoisotopic (exact) mass is 2000 g/mol. The van der Waals surface area contributed by atoms with Gasteiger partial charge in [0.1, 0.15) is 82.3 Å². The number of esters is 1. The second-order valence-corrected chi connectivity index (χ2v) is 35.9. The van der Waals surface area contributed by atoms with E-state index in [4.69, 9.17) is 70.1 Å². The van der Waals surface area contributed by atoms with Gasteiger partial charge >= 0.3 is 29.8 Å². The van der Waals surface area contributed by atoms with Crippen molar-refractivity contribution in [3.8, 4) is 57.5 Å². The standard InChI is InChI=1S/C22H21F4N3O3S.C21H19FN2O5S.C20H19FN2O4S.C13H9FN2O7S.C13H11FN2O5S/c23-17-6-8-18(9-7-17)32-21-19(29-13-15-4-2-1-3-5-15)10-16(11-20(21)33(27,30)31)12-28-14-22(24,25)26;1-28-21(25)15-11-18(24-13-14-5-3-2-4-6-14)20(19(12-15)30(23,26)27)29-17-9-7-16(22)8-10-17;21-16-6-8-17(9-7-16)27-20-18(23-12-14-4-2-1-3-5-14)10-15(13-24)11-19(20)28(22,25)26;14-8-1-3-9(4-2-8)23-12-10(16(19)20)5-7(13(17)18)6-11(12)24(15,21)22;14-8-1-3-9(4-2-8)21-12-10(15)5-7(13(17)18)6-11(12)22(16,19)20/h1-11,28-29H,12-14H2,(H2,27,30,31);2-12,24H,13H2,1H3,(H2,23,26,27);1-11,23-24H,12-13H2,(H2,22,25,26);1-6H,(H,17,18)(H2,15,21,22);1-6H,15H2,(H,17,18)(H2,16,19,20). The summed E-state index contributed by atoms with van der Waals surface area (Å²) in [6, 6.07) is 63.0. The Bertz CT molecular complexity index is 7120. The van der Waals surface area contributed by atoms with Gasteiger partial charge in [0, 0.05) is 32.2 Å². The van der Waals surface area contributed by atoms with E-state index in [2.05, 4.69) is 21.3 Å². The number of sulfonamides is 5. The molecule has 0 radical (unpaired) electrons. The van der Waals surface area contributed by atoms with Crippen LogP contribution < -0.4 is 76.4 Å². The number of nitrogen functional groups attached to an aromatic ring is 1. The molecule has 0 spiro atoms. The summed E-state index contributed by atoms with van der Waals surface area (Å²) >= 11 is 0. The van der Waals surface area contributed by atoms with Crippen LogP contribution in [0.1, 0.15) is 58.9 Å². The smallest absolute Gasteiger partial charge is 0.401 e. The molecule has 0 fully saturated rings. The number of nitrogens with zero attached hydrogens (tertiary/aromatic N) is 1. The number of aliphatic hydroxyl groups is 1. The molecule has 0 heterocycles. The zero-order chi connectivity index (χ0) is 100. The highest BCUT2D eigenvalue weighted by atomic mass is 32.2. The average Bonchev–Trinajstić information content (AvgIpc) is 0.785. The van der Waals surface area contributed by atoms with Gasteiger partial charge in [0.15, 0.2) is 23.0 Å². The van der Waals surface area contributed by atoms with Crippen molar-refractivity contribution in [3.05, 3.63) is 357 Å². The molecule has 0 bridgehead atoms. The maximum atomic E-state index is 13.3. The molecule has 0 saturated carbocycles. The number of nitrogens with one attached hydrogen (secondary N) is 4. The van der Waals surface area contributed by atoms with E-state index < -0.39 is 151 Å². The SMILES string of the molecule is COC(=O)c1cc(NCc2ccccc2)c(Oc2ccc(F)cc2)c(S(N)(=O)=O)c1.NS(=O)(=O)c1cc(C(=O)O)cc([N+](=O)[O-])c1Oc1ccc(F)cc1.NS(=O)(=O)c1cc(CNCC(F)(F)F)cc(NCc2ccccc2)c1Oc1ccc(F)cc1.NS(=O)(=O)c1cc(CO)cc(NCc2ccccc2)c1Oc1ccc(F)cc1.Nc1cc(C(=O)O)cc(S(N)(=O)=O)c1Oc1ccc(F)cc1. The summed E-state index contributed by atoms with van der Waals surface area (Å²) in [5.41, 5.74) is 7.54. The maximum absolute atomic E-state index is 13.3. The number of halogens is 8. The summed E-state index contributed by atoms with van der Waals surface area (Å²) < 4.78 is 255. The van der Waals surface area contributed by atoms with Crippen LogP contribution in [-0.4, -0.2) is 100 Å². The molecule has 720 valence electrons. The number of hydrogen-bond acceptors (Lipinski definition) is 27. The molecular weight excluding hydrogens is 1920 g/mol. The summed E-state index contributed by atoms with van der Waals surface area (Å²) in [6.07, 6.45) is -4.43. The zero-order valence-electron chi connectivity index (χ0n) is 70.6. The summed E-state index contributed by atoms with van der Waals surface area (Å²) in [5.74, 6) is -7.04. The lowest BCUT2D eigenvalue weighted by atomic mass is 10.1. The van der Waals surface area contributed by atoms with E-state index in [1.807, 2.05) is 91.0 Å². The van der Waals surface area contributed by atoms with Crippen molar-refractivity contribution in [3.63, 3.8) is 0 Å². The van der Waals surface area contributed by atoms with Crippen LogP contribution in [0.3, 0.4) is 0 Å². The first kappa shape index (κ1) is 105. The highest BCUT2D eigenvalue weighted by molar-refractivity contribution is 7.90. The number of carbonyl (C=O) groups is 3. The number of anilines is 4. The van der Waals surface area contributed by atoms with Crippen LogP contribution in [0.25, 0.3) is 0 Å². The Labute approximate surface area is 776 Å². The number of carboxylic acid groups (broad SMARTS) is 2. The van der Waals surface area contributed by atoms with Crippen molar-refractivity contribution < 1.29 is 140 Å². The molecule has 13 aromatic carbocycles. The third-order valence-electron chi connectivity index (χ3n) is 18.0. The van der Waals surface area contributed by atoms with Gasteiger partial charge in [-0.25, -0.2) is 104 Å². The van der Waals surface area contributed by atoms with Crippen LogP contribution in [-0.2, 0) is 87.6 Å². The van der Waals surface area contributed by atoms with Crippen molar-refractivity contribution in [1.82, 2.24) is 5.32 Å². The quantitative estimate of drug-likeness (QED) is 0.00612. The fourth-order valence-corrected chi connectivity index (χ4v) is 15.3. The van der Waals surface area contributed by atoms with Gasteiger partial charge in [-0.05, 0) is 204 Å². The van der Waals surface area contributed by atoms with Crippen LogP contribution in [0.15, 0.2) is 297 Å². The molecule has 13 aromatic rings. The summed E-state index contributed by atoms with van der Waals surface area (Å²) in [4.78, 5) is 41.6. The second-order valence-electron chi connectivity index (χ2n) is 28.3. The predicted octanol–water partition coefficient (Wildman–Crippen LogP) is 15.0. The summed E-state index contributed by atoms with van der Waals surface area (Å²) in [6.45, 7) is -0.921. The number of nitrogens with two attached hydrogens (primary N) is 6. The van der Waals surface area contributed by atoms with Gasteiger partial charge < -0.3 is 70.7 Å². The Hall–Kier alpha value is -15.2. The first-order valence-electron chi connectivity index (χ1n) is 38.8. The number of carboxylic acids is 2. The molecule has 19 N–H and O–H groups in total. The second kappa shape index (κ2) is 46.6. The molecule has 48 heteroatoms. The van der Waals surface area contributed by atoms with Gasteiger partial charge in [-0.15, -0.1) is 0 Å². The molecule has 137 heavy (non-hydrogen) atoms. The van der Waals surface area contributed by atoms with E-state index in [0.29, 0.717) is 36.5 Å². The number of aromatic carboxylic acids is 2. The summed E-state index contributed by atoms with van der Waals surface area (Å²) in [5, 5.41) is 76.2. The van der Waals surface area contributed by atoms with Crippen molar-refractivity contribution in [2.45, 2.75) is 63.4 Å². The largest absolute Gasteiger partial charge is 0.478 e. The van der Waals surface area contributed by atoms with Gasteiger partial charge in [0.05, 0.1) is 64.6 Å². The van der Waals surface area contributed by atoms with Gasteiger partial charge in [-0.2, -0.15) is 13.2 Å². The molecule has 0 amide bonds. The van der Waals surface area contributed by atoms with Crippen molar-refractivity contribution in [2.24, 2.45) is 25.7 Å². The maximum Gasteiger partial charge on any atom is 0.401 e. The fourth-order valence-electron chi connectivity index (χ4n) is 11.8. The van der Waals surface area contributed by atoms with Crippen molar-refractivity contribution >= 4 is 96.5 Å². The lowest BCUT2D eigenvalue weighted by molar-refractivity contribution is -0.385. The minimum absolute atomic E-state index is 0.0245. The van der Waals surface area contributed by atoms with E-state index in [9.17, 15) is 107 Å². The summed E-state index contributed by atoms with van der Waals surface area (Å²) in [7, 11) is -20.4. The Kier molecular flexibility index (Phi) is 35.9. The third kappa shape index (κ3) is 32.0. The highest BCUT2D eigenvalue weighted by Gasteiger charge is 2.33. The fraction of sp³-hybridized carbons (Fsp3) is 0.0899. The van der Waals surface area contributed by atoms with Gasteiger partial charge in [-0.3, -0.25) is 10.1 Å². The van der Waals surface area contributed by atoms with Crippen molar-refractivity contribution in [2.75, 3.05) is 35.3 Å². The highest BCUT2D eigenvalue weighted by Crippen LogP contribution is 2.44. The Morgan fingerprint density at radius 2 is 0.642 bits per heavy atom. The number of methoxy groups -OCH3 is 1. The van der Waals surface area contributed by atoms with Gasteiger partial charge in [-0.1, -0.05) is 91.0 Å². The zero-order valence-corrected chi connectivity index (χ0v) is 74.7. The van der Waals surface area contributed by atoms with E-state index in [-0.39, 0.29) is 110 Å². The Morgan fingerprint density at radius 3 is 0.949 bits per heavy atom. The number of hydrogen-bond donors (Lipinski definition) is 13. The molecule has 0 aliphatic carbocycles. The Morgan fingerprint density at radius 1 is 0.365 bits per heavy atom. The number of aliphatic hydroxyl groups excluding tert-OH is 1. The molecule has 0 unspecified atom stereocenters. The predicted molar refractivity (Wildman–Crippen MR) is 483 cm³/mol. The third-order valence-corrected chi connectivity index (χ3v) is 22.6. The van der Waals surface area contributed by atoms with Crippen molar-refractivity contribution in [1.29, 1.82) is 0 Å². The number of ether oxygens (including phenoxy) is 6. The Balaban J connectivity index is 0.000000193. The number of nitro groups is 1. The van der Waals surface area contributed by atoms with Crippen LogP contribution in [0.5, 0.6) is 57.5 Å². The first-order valence-corrected chi connectivity index (χ1v) is 46.5. The minimum Gasteiger partial charge on any atom is -0.478 e. The van der Waals surface area contributed by atoms with Gasteiger partial charge in [0.2, 0.25) is 55.9 Å². The number of benzene rings is 13. The first-order chi connectivity index (χ1) is 64.4. The lowest BCUT2D eigenvalue weighted by Crippen LogP contribution is -2.28. The molecule has 0 aliphatic rings. The molecular formula is C89H79F8N11O24S5. The number of nitro benzene ring substituents is 1. The topological polar surface area (TPSA) is 585 Å². The van der Waals surface area contributed by atoms with E-state index in [1.165, 1.54) is 98.1 Å². The van der Waals surface area contributed by atoms with Crippen LogP contribution in [0, 0.1) is 39.2 Å². The molecule has 0 saturated heterocycles. The average molecular weight is 2000 g/mol. The number of alkyl halides is 3. The number of rotatable bonds is 32. The molecule has 0 aliphatic heterocycles. The number of primary sulfonamides is 5. The minimum atomic E-state index is -4.54. The molecule has 35 nitrogen and oxygen atoms in total. The molecule has 0 aromatic heterocycles. The van der Waals surface area contributed by atoms with Gasteiger partial charge in [0.25, 0.3) is 0 Å². The van der Waals surface area contributed by atoms with Crippen LogP contribution in [0.4, 0.5) is 63.6 Å². The lowest BCUT2D eigenvalue weighted by Gasteiger charge is -2.18. The van der Waals surface area contributed by atoms with Crippen LogP contribution in [0.2, 0.25) is 0 Å². The van der Waals surface area contributed by atoms with E-state index in [1.54, 1.807) is 6.07 Å². The molecule has 0 atom stereocenters. The van der Waals surface area contributed by atoms with E-state index in [0.717, 1.165) is 89.5 Å². The van der Waals surface area contributed by atoms with E-state index >= 15 is 0 Å². The molecule has 13 rings (SSSR count). The van der Waals surface area contributed by atoms with Crippen LogP contribution >= 0.6 is 0 Å². The normalized spacial score (nSPS) is 11.3. The number of carbonyl (C=O) groups excluding carboxylic acids is 1.